The highest BCUT2D eigenvalue weighted by molar-refractivity contribution is 5.80. The minimum atomic E-state index is -0.0303. The molecule has 9 heteroatoms. The van der Waals surface area contributed by atoms with E-state index in [-0.39, 0.29) is 17.2 Å². The number of likely N-dealkylation sites (tertiary alicyclic amines) is 1. The third kappa shape index (κ3) is 3.78. The van der Waals surface area contributed by atoms with E-state index in [4.69, 9.17) is 9.47 Å². The summed E-state index contributed by atoms with van der Waals surface area (Å²) in [6, 6.07) is 7.50. The second kappa shape index (κ2) is 8.56. The molecule has 0 spiro atoms. The van der Waals surface area contributed by atoms with Crippen molar-refractivity contribution in [3.63, 3.8) is 0 Å². The van der Waals surface area contributed by atoms with Gasteiger partial charge in [0.05, 0.1) is 17.9 Å². The monoisotopic (exact) mass is 463 g/mol. The van der Waals surface area contributed by atoms with Crippen molar-refractivity contribution in [3.05, 3.63) is 62.4 Å². The van der Waals surface area contributed by atoms with Crippen LogP contribution >= 0.6 is 0 Å². The summed E-state index contributed by atoms with van der Waals surface area (Å²) >= 11 is 0. The number of piperidine rings is 1. The summed E-state index contributed by atoms with van der Waals surface area (Å²) in [5.74, 6) is 1.48. The number of fused-ring (bicyclic) bond motifs is 1. The molecule has 1 N–H and O–H groups in total. The molecular weight excluding hydrogens is 434 g/mol. The van der Waals surface area contributed by atoms with Crippen molar-refractivity contribution in [2.24, 2.45) is 0 Å². The SMILES string of the molecule is Cc1cc(=O)n2c3c1ccc(=O)n3[C@H](CN1CCC(NCc3cc4c(cn3)OCCO4)CC1)C2. The van der Waals surface area contributed by atoms with Crippen LogP contribution in [-0.2, 0) is 13.1 Å². The number of aromatic nitrogens is 3. The summed E-state index contributed by atoms with van der Waals surface area (Å²) < 4.78 is 14.8. The van der Waals surface area contributed by atoms with Crippen LogP contribution in [0.5, 0.6) is 11.5 Å². The number of hydrogen-bond acceptors (Lipinski definition) is 7. The number of nitrogens with one attached hydrogen (secondary N) is 1. The normalized spacial score (nSPS) is 20.2. The van der Waals surface area contributed by atoms with Gasteiger partial charge in [0.15, 0.2) is 11.5 Å². The van der Waals surface area contributed by atoms with Crippen LogP contribution in [-0.4, -0.2) is 57.9 Å². The Labute approximate surface area is 196 Å². The Hall–Kier alpha value is -3.17. The third-order valence-corrected chi connectivity index (χ3v) is 7.26. The summed E-state index contributed by atoms with van der Waals surface area (Å²) in [6.07, 6.45) is 3.80. The molecular formula is C25H29N5O4. The Kier molecular flexibility index (Phi) is 5.38. The lowest BCUT2D eigenvalue weighted by molar-refractivity contribution is 0.168. The van der Waals surface area contributed by atoms with Crippen LogP contribution < -0.4 is 25.9 Å². The zero-order chi connectivity index (χ0) is 23.2. The molecule has 3 aromatic heterocycles. The van der Waals surface area contributed by atoms with Gasteiger partial charge in [-0.2, -0.15) is 0 Å². The molecule has 0 saturated carbocycles. The molecule has 0 bridgehead atoms. The molecule has 0 unspecified atom stereocenters. The van der Waals surface area contributed by atoms with E-state index in [1.165, 1.54) is 0 Å². The third-order valence-electron chi connectivity index (χ3n) is 7.26. The minimum Gasteiger partial charge on any atom is -0.486 e. The number of hydrogen-bond donors (Lipinski definition) is 1. The molecule has 0 amide bonds. The summed E-state index contributed by atoms with van der Waals surface area (Å²) in [5, 5.41) is 4.61. The van der Waals surface area contributed by atoms with Gasteiger partial charge in [-0.3, -0.25) is 23.7 Å². The molecule has 1 fully saturated rings. The molecule has 0 aromatic carbocycles. The van der Waals surface area contributed by atoms with Gasteiger partial charge in [0.25, 0.3) is 11.1 Å². The fourth-order valence-corrected chi connectivity index (χ4v) is 5.49. The first-order chi connectivity index (χ1) is 16.6. The van der Waals surface area contributed by atoms with Crippen molar-refractivity contribution in [1.82, 2.24) is 24.3 Å². The van der Waals surface area contributed by atoms with Gasteiger partial charge in [-0.05, 0) is 44.5 Å². The highest BCUT2D eigenvalue weighted by Gasteiger charge is 2.29. The van der Waals surface area contributed by atoms with Gasteiger partial charge in [0.1, 0.15) is 18.9 Å². The molecule has 1 saturated heterocycles. The fraction of sp³-hybridized carbons (Fsp3) is 0.480. The molecule has 3 aliphatic heterocycles. The van der Waals surface area contributed by atoms with Gasteiger partial charge in [-0.1, -0.05) is 0 Å². The second-order valence-corrected chi connectivity index (χ2v) is 9.48. The van der Waals surface area contributed by atoms with Crippen LogP contribution in [0.25, 0.3) is 11.0 Å². The van der Waals surface area contributed by atoms with Crippen molar-refractivity contribution in [3.8, 4) is 11.5 Å². The number of nitrogens with zero attached hydrogens (tertiary/aromatic N) is 4. The average Bonchev–Trinajstić information content (AvgIpc) is 3.23. The van der Waals surface area contributed by atoms with Crippen LogP contribution in [0, 0.1) is 6.92 Å². The highest BCUT2D eigenvalue weighted by atomic mass is 16.6. The summed E-state index contributed by atoms with van der Waals surface area (Å²) in [7, 11) is 0. The van der Waals surface area contributed by atoms with Gasteiger partial charge in [-0.15, -0.1) is 0 Å². The molecule has 34 heavy (non-hydrogen) atoms. The van der Waals surface area contributed by atoms with Gasteiger partial charge in [0, 0.05) is 49.3 Å². The Bertz CT molecular complexity index is 1360. The second-order valence-electron chi connectivity index (χ2n) is 9.48. The van der Waals surface area contributed by atoms with E-state index in [1.807, 2.05) is 23.6 Å². The minimum absolute atomic E-state index is 0.0166. The zero-order valence-corrected chi connectivity index (χ0v) is 19.3. The standard InChI is InChI=1S/C25H29N5O4/c1-16-10-24(32)29-15-19(30-23(31)3-2-20(16)25(29)30)14-28-6-4-17(5-7-28)26-12-18-11-21-22(13-27-18)34-9-8-33-21/h2-3,10-11,13,17,19,26H,4-9,12,14-15H2,1H3/t19-/m1/s1. The zero-order valence-electron chi connectivity index (χ0n) is 19.3. The van der Waals surface area contributed by atoms with Crippen molar-refractivity contribution >= 4 is 11.0 Å². The van der Waals surface area contributed by atoms with E-state index >= 15 is 0 Å². The van der Waals surface area contributed by atoms with E-state index < -0.39 is 0 Å². The van der Waals surface area contributed by atoms with E-state index in [9.17, 15) is 9.59 Å². The van der Waals surface area contributed by atoms with E-state index in [0.29, 0.717) is 38.1 Å². The van der Waals surface area contributed by atoms with Crippen LogP contribution in [0.2, 0.25) is 0 Å². The Balaban J connectivity index is 1.08. The van der Waals surface area contributed by atoms with E-state index in [2.05, 4.69) is 15.2 Å². The highest BCUT2D eigenvalue weighted by Crippen LogP contribution is 2.30. The van der Waals surface area contributed by atoms with Crippen molar-refractivity contribution < 1.29 is 9.47 Å². The fourth-order valence-electron chi connectivity index (χ4n) is 5.49. The Morgan fingerprint density at radius 3 is 2.68 bits per heavy atom. The lowest BCUT2D eigenvalue weighted by Gasteiger charge is -2.34. The lowest BCUT2D eigenvalue weighted by atomic mass is 10.0. The summed E-state index contributed by atoms with van der Waals surface area (Å²) in [4.78, 5) is 32.2. The van der Waals surface area contributed by atoms with E-state index in [1.54, 1.807) is 22.9 Å². The first kappa shape index (κ1) is 21.4. The predicted octanol–water partition coefficient (Wildman–Crippen LogP) is 1.45. The van der Waals surface area contributed by atoms with Crippen LogP contribution in [0.4, 0.5) is 0 Å². The van der Waals surface area contributed by atoms with Crippen LogP contribution in [0.15, 0.2) is 40.1 Å². The molecule has 6 heterocycles. The van der Waals surface area contributed by atoms with Crippen LogP contribution in [0.3, 0.4) is 0 Å². The number of ether oxygens (including phenoxy) is 2. The lowest BCUT2D eigenvalue weighted by Crippen LogP contribution is -2.44. The van der Waals surface area contributed by atoms with Gasteiger partial charge in [0.2, 0.25) is 0 Å². The van der Waals surface area contributed by atoms with Crippen molar-refractivity contribution in [1.29, 1.82) is 0 Å². The molecule has 6 rings (SSSR count). The molecule has 178 valence electrons. The molecule has 3 aromatic rings. The molecule has 9 nitrogen and oxygen atoms in total. The summed E-state index contributed by atoms with van der Waals surface area (Å²) in [6.45, 7) is 7.01. The topological polar surface area (TPSA) is 90.6 Å². The number of aryl methyl sites for hydroxylation is 1. The number of pyridine rings is 3. The number of rotatable bonds is 5. The molecule has 3 aliphatic rings. The molecule has 0 aliphatic carbocycles. The van der Waals surface area contributed by atoms with Crippen molar-refractivity contribution in [2.75, 3.05) is 32.8 Å². The average molecular weight is 464 g/mol. The van der Waals surface area contributed by atoms with Crippen LogP contribution in [0.1, 0.15) is 30.1 Å². The summed E-state index contributed by atoms with van der Waals surface area (Å²) in [5.41, 5.74) is 2.58. The maximum Gasteiger partial charge on any atom is 0.252 e. The maximum atomic E-state index is 12.7. The Morgan fingerprint density at radius 1 is 1.06 bits per heavy atom. The predicted molar refractivity (Wildman–Crippen MR) is 128 cm³/mol. The quantitative estimate of drug-likeness (QED) is 0.612. The van der Waals surface area contributed by atoms with Gasteiger partial charge >= 0.3 is 0 Å². The molecule has 1 atom stereocenters. The Morgan fingerprint density at radius 2 is 1.85 bits per heavy atom. The first-order valence-electron chi connectivity index (χ1n) is 12.0. The first-order valence-corrected chi connectivity index (χ1v) is 12.0. The van der Waals surface area contributed by atoms with Crippen molar-refractivity contribution in [2.45, 2.75) is 44.9 Å². The van der Waals surface area contributed by atoms with E-state index in [0.717, 1.165) is 60.5 Å². The van der Waals surface area contributed by atoms with Gasteiger partial charge in [-0.25, -0.2) is 0 Å². The van der Waals surface area contributed by atoms with Gasteiger partial charge < -0.3 is 19.7 Å². The molecule has 0 radical (unpaired) electrons. The smallest absolute Gasteiger partial charge is 0.252 e. The largest absolute Gasteiger partial charge is 0.486 e. The maximum absolute atomic E-state index is 12.7.